The molecule has 104 valence electrons. The van der Waals surface area contributed by atoms with Gasteiger partial charge in [-0.25, -0.2) is 0 Å². The van der Waals surface area contributed by atoms with E-state index in [0.717, 1.165) is 0 Å². The molecule has 9 heteroatoms. The molecule has 0 aromatic carbocycles. The highest BCUT2D eigenvalue weighted by molar-refractivity contribution is 7.12. The summed E-state index contributed by atoms with van der Waals surface area (Å²) in [5.41, 5.74) is 0.650. The zero-order valence-corrected chi connectivity index (χ0v) is 11.3. The minimum Gasteiger partial charge on any atom is -0.354 e. The summed E-state index contributed by atoms with van der Waals surface area (Å²) in [5.74, 6) is -0.146. The van der Waals surface area contributed by atoms with Crippen molar-refractivity contribution in [1.82, 2.24) is 30.8 Å². The number of amides is 2. The van der Waals surface area contributed by atoms with Crippen LogP contribution >= 0.6 is 11.3 Å². The van der Waals surface area contributed by atoms with E-state index in [1.807, 2.05) is 5.38 Å². The SMILES string of the molecule is O=C1CCC(NC(=O)c2sccc2-n2cnnn2)CN1. The Balaban J connectivity index is 1.72. The summed E-state index contributed by atoms with van der Waals surface area (Å²) in [7, 11) is 0. The summed E-state index contributed by atoms with van der Waals surface area (Å²) in [5, 5.41) is 18.4. The molecule has 0 aliphatic carbocycles. The molecule has 1 saturated heterocycles. The summed E-state index contributed by atoms with van der Waals surface area (Å²) in [6.45, 7) is 0.468. The first kappa shape index (κ1) is 12.7. The molecule has 1 aliphatic rings. The van der Waals surface area contributed by atoms with Gasteiger partial charge in [-0.2, -0.15) is 4.68 Å². The topological polar surface area (TPSA) is 102 Å². The molecule has 0 bridgehead atoms. The van der Waals surface area contributed by atoms with E-state index >= 15 is 0 Å². The van der Waals surface area contributed by atoms with Crippen LogP contribution in [-0.2, 0) is 4.79 Å². The van der Waals surface area contributed by atoms with E-state index in [1.165, 1.54) is 22.3 Å². The number of nitrogens with zero attached hydrogens (tertiary/aromatic N) is 4. The molecule has 1 atom stereocenters. The second kappa shape index (κ2) is 5.37. The van der Waals surface area contributed by atoms with Crippen LogP contribution in [0.5, 0.6) is 0 Å². The first-order valence-electron chi connectivity index (χ1n) is 6.12. The first-order chi connectivity index (χ1) is 9.74. The van der Waals surface area contributed by atoms with Gasteiger partial charge >= 0.3 is 0 Å². The Hall–Kier alpha value is -2.29. The third kappa shape index (κ3) is 2.52. The minimum absolute atomic E-state index is 0.0287. The maximum Gasteiger partial charge on any atom is 0.263 e. The summed E-state index contributed by atoms with van der Waals surface area (Å²) in [6, 6.07) is 1.75. The Morgan fingerprint density at radius 2 is 2.45 bits per heavy atom. The monoisotopic (exact) mass is 292 g/mol. The molecule has 0 radical (unpaired) electrons. The van der Waals surface area contributed by atoms with Crippen molar-refractivity contribution in [2.45, 2.75) is 18.9 Å². The van der Waals surface area contributed by atoms with Crippen LogP contribution in [0.2, 0.25) is 0 Å². The maximum atomic E-state index is 12.3. The molecule has 1 fully saturated rings. The van der Waals surface area contributed by atoms with Gasteiger partial charge in [0.05, 0.1) is 5.69 Å². The van der Waals surface area contributed by atoms with Crippen molar-refractivity contribution >= 4 is 23.2 Å². The molecule has 1 aliphatic heterocycles. The zero-order chi connectivity index (χ0) is 13.9. The van der Waals surface area contributed by atoms with E-state index in [-0.39, 0.29) is 17.9 Å². The summed E-state index contributed by atoms with van der Waals surface area (Å²) in [6.07, 6.45) is 2.54. The fraction of sp³-hybridized carbons (Fsp3) is 0.364. The molecule has 2 N–H and O–H groups in total. The maximum absolute atomic E-state index is 12.3. The summed E-state index contributed by atoms with van der Waals surface area (Å²) < 4.78 is 1.45. The van der Waals surface area contributed by atoms with Crippen molar-refractivity contribution < 1.29 is 9.59 Å². The smallest absolute Gasteiger partial charge is 0.263 e. The van der Waals surface area contributed by atoms with E-state index in [0.29, 0.717) is 30.0 Å². The van der Waals surface area contributed by atoms with Crippen LogP contribution in [-0.4, -0.2) is 44.6 Å². The Morgan fingerprint density at radius 3 is 3.15 bits per heavy atom. The van der Waals surface area contributed by atoms with Crippen LogP contribution in [0.4, 0.5) is 0 Å². The Labute approximate surface area is 118 Å². The predicted octanol–water partition coefficient (Wildman–Crippen LogP) is -0.268. The zero-order valence-electron chi connectivity index (χ0n) is 10.4. The Kier molecular flexibility index (Phi) is 3.42. The Morgan fingerprint density at radius 1 is 1.55 bits per heavy atom. The molecule has 3 rings (SSSR count). The van der Waals surface area contributed by atoms with Crippen molar-refractivity contribution in [2.24, 2.45) is 0 Å². The molecular weight excluding hydrogens is 280 g/mol. The molecule has 2 aromatic rings. The lowest BCUT2D eigenvalue weighted by atomic mass is 10.1. The number of piperidine rings is 1. The highest BCUT2D eigenvalue weighted by Crippen LogP contribution is 2.20. The standard InChI is InChI=1S/C11H12N6O2S/c18-9-2-1-7(5-12-9)14-11(19)10-8(3-4-20-10)17-6-13-15-16-17/h3-4,6-7H,1-2,5H2,(H,12,18)(H,14,19). The van der Waals surface area contributed by atoms with Gasteiger partial charge in [-0.15, -0.1) is 16.4 Å². The highest BCUT2D eigenvalue weighted by atomic mass is 32.1. The second-order valence-corrected chi connectivity index (χ2v) is 5.32. The number of hydrogen-bond donors (Lipinski definition) is 2. The highest BCUT2D eigenvalue weighted by Gasteiger charge is 2.22. The van der Waals surface area contributed by atoms with Gasteiger partial charge in [-0.05, 0) is 28.3 Å². The molecule has 8 nitrogen and oxygen atoms in total. The van der Waals surface area contributed by atoms with Crippen molar-refractivity contribution in [2.75, 3.05) is 6.54 Å². The number of aromatic nitrogens is 4. The summed E-state index contributed by atoms with van der Waals surface area (Å²) in [4.78, 5) is 23.9. The Bertz CT molecular complexity index is 613. The van der Waals surface area contributed by atoms with Crippen LogP contribution in [0, 0.1) is 0 Å². The fourth-order valence-corrected chi connectivity index (χ4v) is 2.81. The van der Waals surface area contributed by atoms with Gasteiger partial charge in [0.15, 0.2) is 0 Å². The van der Waals surface area contributed by atoms with Crippen LogP contribution in [0.15, 0.2) is 17.8 Å². The molecule has 1 unspecified atom stereocenters. The number of hydrogen-bond acceptors (Lipinski definition) is 6. The van der Waals surface area contributed by atoms with Crippen LogP contribution in [0.3, 0.4) is 0 Å². The average molecular weight is 292 g/mol. The molecular formula is C11H12N6O2S. The number of nitrogens with one attached hydrogen (secondary N) is 2. The third-order valence-electron chi connectivity index (χ3n) is 3.05. The molecule has 3 heterocycles. The minimum atomic E-state index is -0.174. The van der Waals surface area contributed by atoms with Crippen molar-refractivity contribution in [1.29, 1.82) is 0 Å². The largest absolute Gasteiger partial charge is 0.354 e. The lowest BCUT2D eigenvalue weighted by Crippen LogP contribution is -2.47. The lowest BCUT2D eigenvalue weighted by Gasteiger charge is -2.23. The quantitative estimate of drug-likeness (QED) is 0.811. The normalized spacial score (nSPS) is 18.6. The van der Waals surface area contributed by atoms with E-state index < -0.39 is 0 Å². The molecule has 20 heavy (non-hydrogen) atoms. The van der Waals surface area contributed by atoms with Crippen molar-refractivity contribution in [3.63, 3.8) is 0 Å². The van der Waals surface area contributed by atoms with Gasteiger partial charge in [-0.1, -0.05) is 0 Å². The number of carbonyl (C=O) groups is 2. The average Bonchev–Trinajstić information content (AvgIpc) is 3.11. The predicted molar refractivity (Wildman–Crippen MR) is 70.5 cm³/mol. The number of thiophene rings is 1. The van der Waals surface area contributed by atoms with Gasteiger partial charge in [0.2, 0.25) is 5.91 Å². The van der Waals surface area contributed by atoms with Gasteiger partial charge in [-0.3, -0.25) is 9.59 Å². The third-order valence-corrected chi connectivity index (χ3v) is 3.95. The van der Waals surface area contributed by atoms with Gasteiger partial charge in [0, 0.05) is 19.0 Å². The van der Waals surface area contributed by atoms with Gasteiger partial charge < -0.3 is 10.6 Å². The molecule has 2 amide bonds. The lowest BCUT2D eigenvalue weighted by molar-refractivity contribution is -0.122. The summed E-state index contributed by atoms with van der Waals surface area (Å²) >= 11 is 1.33. The van der Waals surface area contributed by atoms with Crippen molar-refractivity contribution in [3.8, 4) is 5.69 Å². The van der Waals surface area contributed by atoms with E-state index in [9.17, 15) is 9.59 Å². The van der Waals surface area contributed by atoms with Crippen LogP contribution < -0.4 is 10.6 Å². The van der Waals surface area contributed by atoms with E-state index in [4.69, 9.17) is 0 Å². The number of tetrazole rings is 1. The first-order valence-corrected chi connectivity index (χ1v) is 7.00. The fourth-order valence-electron chi connectivity index (χ4n) is 2.03. The van der Waals surface area contributed by atoms with Gasteiger partial charge in [0.1, 0.15) is 11.2 Å². The second-order valence-electron chi connectivity index (χ2n) is 4.40. The van der Waals surface area contributed by atoms with E-state index in [2.05, 4.69) is 26.2 Å². The van der Waals surface area contributed by atoms with E-state index in [1.54, 1.807) is 6.07 Å². The van der Waals surface area contributed by atoms with Gasteiger partial charge in [0.25, 0.3) is 5.91 Å². The van der Waals surface area contributed by atoms with Crippen LogP contribution in [0.25, 0.3) is 5.69 Å². The molecule has 0 spiro atoms. The van der Waals surface area contributed by atoms with Crippen LogP contribution in [0.1, 0.15) is 22.5 Å². The number of carbonyl (C=O) groups excluding carboxylic acids is 2. The number of rotatable bonds is 3. The van der Waals surface area contributed by atoms with Crippen molar-refractivity contribution in [3.05, 3.63) is 22.7 Å². The molecule has 2 aromatic heterocycles. The molecule has 0 saturated carbocycles.